The summed E-state index contributed by atoms with van der Waals surface area (Å²) >= 11 is 0. The molecule has 4 aromatic rings. The minimum absolute atomic E-state index is 0.318. The van der Waals surface area contributed by atoms with Crippen molar-refractivity contribution < 1.29 is 9.84 Å². The Morgan fingerprint density at radius 2 is 1.85 bits per heavy atom. The van der Waals surface area contributed by atoms with Gasteiger partial charge in [0.2, 0.25) is 0 Å². The maximum Gasteiger partial charge on any atom is 0.101 e. The van der Waals surface area contributed by atoms with E-state index in [1.807, 2.05) is 29.2 Å². The summed E-state index contributed by atoms with van der Waals surface area (Å²) in [6, 6.07) is 20.9. The predicted molar refractivity (Wildman–Crippen MR) is 133 cm³/mol. The van der Waals surface area contributed by atoms with Crippen molar-refractivity contribution in [3.05, 3.63) is 66.4 Å². The van der Waals surface area contributed by atoms with Crippen LogP contribution in [0, 0.1) is 11.3 Å². The van der Waals surface area contributed by atoms with E-state index in [1.165, 1.54) is 5.69 Å². The molecule has 0 bridgehead atoms. The zero-order valence-electron chi connectivity index (χ0n) is 18.7. The van der Waals surface area contributed by atoms with E-state index < -0.39 is 0 Å². The maximum absolute atomic E-state index is 9.75. The summed E-state index contributed by atoms with van der Waals surface area (Å²) < 4.78 is 5.49. The molecule has 0 radical (unpaired) electrons. The van der Waals surface area contributed by atoms with Gasteiger partial charge >= 0.3 is 0 Å². The summed E-state index contributed by atoms with van der Waals surface area (Å²) in [5.41, 5.74) is 7.56. The molecular weight excluding hydrogens is 426 g/mol. The van der Waals surface area contributed by atoms with Gasteiger partial charge in [0, 0.05) is 65.8 Å². The first-order valence-corrected chi connectivity index (χ1v) is 11.6. The van der Waals surface area contributed by atoms with Crippen molar-refractivity contribution in [2.75, 3.05) is 49.2 Å². The third kappa shape index (κ3) is 3.67. The molecule has 34 heavy (non-hydrogen) atoms. The number of hydrogen-bond donors (Lipinski definition) is 2. The highest BCUT2D eigenvalue weighted by Gasteiger charge is 2.26. The van der Waals surface area contributed by atoms with Crippen LogP contribution >= 0.6 is 0 Å². The summed E-state index contributed by atoms with van der Waals surface area (Å²) in [5, 5.41) is 20.4. The van der Waals surface area contributed by atoms with E-state index >= 15 is 0 Å². The molecule has 7 heteroatoms. The van der Waals surface area contributed by atoms with Crippen LogP contribution in [0.4, 0.5) is 11.4 Å². The molecule has 0 unspecified atom stereocenters. The van der Waals surface area contributed by atoms with Crippen LogP contribution in [0.15, 0.2) is 60.8 Å². The zero-order chi connectivity index (χ0) is 23.1. The number of nitrogens with one attached hydrogen (secondary N) is 1. The number of nitriles is 1. The fraction of sp³-hybridized carbons (Fsp3) is 0.259. The smallest absolute Gasteiger partial charge is 0.101 e. The van der Waals surface area contributed by atoms with Crippen molar-refractivity contribution in [1.82, 2.24) is 9.97 Å². The average Bonchev–Trinajstić information content (AvgIpc) is 3.32. The molecule has 7 nitrogen and oxygen atoms in total. The number of aliphatic hydroxyl groups excluding tert-OH is 1. The van der Waals surface area contributed by atoms with Gasteiger partial charge in [0.05, 0.1) is 36.3 Å². The third-order valence-electron chi connectivity index (χ3n) is 6.67. The predicted octanol–water partition coefficient (Wildman–Crippen LogP) is 3.79. The minimum atomic E-state index is -0.318. The van der Waals surface area contributed by atoms with Crippen LogP contribution in [-0.4, -0.2) is 60.6 Å². The fourth-order valence-electron chi connectivity index (χ4n) is 4.83. The Balaban J connectivity index is 1.37. The molecule has 2 aliphatic rings. The lowest BCUT2D eigenvalue weighted by Gasteiger charge is -2.38. The van der Waals surface area contributed by atoms with Crippen molar-refractivity contribution in [2.45, 2.75) is 6.10 Å². The molecule has 0 atom stereocenters. The van der Waals surface area contributed by atoms with Gasteiger partial charge in [-0.3, -0.25) is 4.98 Å². The van der Waals surface area contributed by atoms with E-state index in [0.29, 0.717) is 18.7 Å². The lowest BCUT2D eigenvalue weighted by molar-refractivity contribution is 0.122. The zero-order valence-corrected chi connectivity index (χ0v) is 18.7. The summed E-state index contributed by atoms with van der Waals surface area (Å²) in [4.78, 5) is 12.6. The number of anilines is 2. The lowest BCUT2D eigenvalue weighted by Crippen LogP contribution is -2.51. The van der Waals surface area contributed by atoms with Gasteiger partial charge in [0.15, 0.2) is 0 Å². The van der Waals surface area contributed by atoms with Crippen LogP contribution in [0.5, 0.6) is 0 Å². The van der Waals surface area contributed by atoms with Crippen molar-refractivity contribution in [3.8, 4) is 28.6 Å². The molecule has 0 aliphatic carbocycles. The maximum atomic E-state index is 9.75. The number of benzene rings is 2. The van der Waals surface area contributed by atoms with Gasteiger partial charge in [-0.1, -0.05) is 18.2 Å². The quantitative estimate of drug-likeness (QED) is 0.491. The normalized spacial score (nSPS) is 16.5. The van der Waals surface area contributed by atoms with Crippen LogP contribution in [0.3, 0.4) is 0 Å². The third-order valence-corrected chi connectivity index (χ3v) is 6.67. The number of aromatic nitrogens is 2. The first kappa shape index (κ1) is 20.7. The largest absolute Gasteiger partial charge is 0.389 e. The van der Waals surface area contributed by atoms with Gasteiger partial charge in [-0.15, -0.1) is 0 Å². The van der Waals surface area contributed by atoms with Gasteiger partial charge < -0.3 is 24.6 Å². The highest BCUT2D eigenvalue weighted by Crippen LogP contribution is 2.34. The summed E-state index contributed by atoms with van der Waals surface area (Å²) in [6.07, 6.45) is 1.48. The molecular formula is C27H25N5O2. The second-order valence-electron chi connectivity index (χ2n) is 8.86. The van der Waals surface area contributed by atoms with E-state index in [4.69, 9.17) is 4.74 Å². The Hall–Kier alpha value is -3.86. The first-order valence-electron chi connectivity index (χ1n) is 11.6. The number of ether oxygens (including phenoxy) is 1. The standard InChI is InChI=1S/C27H25N5O2/c28-15-20-12-19(4-5-26(20)32-16-22(33)17-32)27-23-14-25(30-24(23)6-7-29-27)18-2-1-3-21(13-18)31-8-10-34-11-9-31/h1-7,12-14,22,30,33H,8-11,16-17H2. The number of rotatable bonds is 4. The van der Waals surface area contributed by atoms with Crippen LogP contribution in [0.1, 0.15) is 5.56 Å². The molecule has 6 rings (SSSR count). The molecule has 0 saturated carbocycles. The van der Waals surface area contributed by atoms with E-state index in [1.54, 1.807) is 6.20 Å². The first-order chi connectivity index (χ1) is 16.7. The average molecular weight is 452 g/mol. The summed E-state index contributed by atoms with van der Waals surface area (Å²) in [7, 11) is 0. The number of β-amino-alcohol motifs (C(OH)–C–C–N with tert-alkyl or cyclic N) is 1. The van der Waals surface area contributed by atoms with Crippen molar-refractivity contribution in [1.29, 1.82) is 5.26 Å². The van der Waals surface area contributed by atoms with Crippen molar-refractivity contribution in [3.63, 3.8) is 0 Å². The number of pyridine rings is 1. The molecule has 2 aliphatic heterocycles. The number of aromatic amines is 1. The number of morpholine rings is 1. The number of fused-ring (bicyclic) bond motifs is 1. The van der Waals surface area contributed by atoms with E-state index in [-0.39, 0.29) is 6.10 Å². The molecule has 2 N–H and O–H groups in total. The van der Waals surface area contributed by atoms with Crippen LogP contribution in [0.25, 0.3) is 33.4 Å². The molecule has 2 aromatic heterocycles. The molecule has 2 fully saturated rings. The van der Waals surface area contributed by atoms with Gasteiger partial charge in [-0.2, -0.15) is 5.26 Å². The van der Waals surface area contributed by atoms with E-state index in [0.717, 1.165) is 65.4 Å². The number of aliphatic hydroxyl groups is 1. The second kappa shape index (κ2) is 8.49. The van der Waals surface area contributed by atoms with Crippen molar-refractivity contribution in [2.24, 2.45) is 0 Å². The van der Waals surface area contributed by atoms with Gasteiger partial charge in [0.25, 0.3) is 0 Å². The van der Waals surface area contributed by atoms with Crippen LogP contribution < -0.4 is 9.80 Å². The molecule has 0 amide bonds. The summed E-state index contributed by atoms with van der Waals surface area (Å²) in [5.74, 6) is 0. The number of hydrogen-bond acceptors (Lipinski definition) is 6. The molecule has 170 valence electrons. The van der Waals surface area contributed by atoms with Gasteiger partial charge in [-0.25, -0.2) is 0 Å². The fourth-order valence-corrected chi connectivity index (χ4v) is 4.83. The van der Waals surface area contributed by atoms with Gasteiger partial charge in [0.1, 0.15) is 6.07 Å². The number of nitrogens with zero attached hydrogens (tertiary/aromatic N) is 4. The minimum Gasteiger partial charge on any atom is -0.389 e. The molecule has 2 saturated heterocycles. The highest BCUT2D eigenvalue weighted by atomic mass is 16.5. The Labute approximate surface area is 197 Å². The van der Waals surface area contributed by atoms with Crippen LogP contribution in [0.2, 0.25) is 0 Å². The Morgan fingerprint density at radius 3 is 2.65 bits per heavy atom. The molecule has 0 spiro atoms. The Bertz CT molecular complexity index is 1390. The molecule has 4 heterocycles. The van der Waals surface area contributed by atoms with Crippen molar-refractivity contribution >= 4 is 22.3 Å². The second-order valence-corrected chi connectivity index (χ2v) is 8.86. The van der Waals surface area contributed by atoms with E-state index in [2.05, 4.69) is 51.3 Å². The Kier molecular flexibility index (Phi) is 5.17. The topological polar surface area (TPSA) is 88.4 Å². The monoisotopic (exact) mass is 451 g/mol. The molecule has 2 aromatic carbocycles. The summed E-state index contributed by atoms with van der Waals surface area (Å²) in [6.45, 7) is 4.44. The van der Waals surface area contributed by atoms with E-state index in [9.17, 15) is 10.4 Å². The van der Waals surface area contributed by atoms with Gasteiger partial charge in [-0.05, 0) is 36.4 Å². The van der Waals surface area contributed by atoms with Crippen LogP contribution in [-0.2, 0) is 4.74 Å². The SMILES string of the molecule is N#Cc1cc(-c2nccc3[nH]c(-c4cccc(N5CCOCC5)c4)cc23)ccc1N1CC(O)C1. The highest BCUT2D eigenvalue weighted by molar-refractivity contribution is 5.96. The number of H-pyrrole nitrogens is 1. The Morgan fingerprint density at radius 1 is 1.00 bits per heavy atom. The lowest BCUT2D eigenvalue weighted by atomic mass is 10.0.